The van der Waals surface area contributed by atoms with E-state index in [1.54, 1.807) is 0 Å². The van der Waals surface area contributed by atoms with E-state index in [0.717, 1.165) is 18.4 Å². The van der Waals surface area contributed by atoms with Gasteiger partial charge in [-0.25, -0.2) is 5.43 Å². The number of nitrogens with zero attached hydrogens (tertiary/aromatic N) is 1. The Bertz CT molecular complexity index is 673. The number of carbonyl (C=O) groups excluding carboxylic acids is 1. The largest absolute Gasteiger partial charge is 0.273 e. The summed E-state index contributed by atoms with van der Waals surface area (Å²) in [5.74, 6) is -0.0967. The molecule has 0 aliphatic heterocycles. The van der Waals surface area contributed by atoms with Crippen molar-refractivity contribution in [2.24, 2.45) is 10.5 Å². The fraction of sp³-hybridized carbons (Fsp3) is 0.333. The van der Waals surface area contributed by atoms with Crippen molar-refractivity contribution in [2.75, 3.05) is 0 Å². The number of aryl methyl sites for hydroxylation is 1. The minimum absolute atomic E-state index is 0.0967. The van der Waals surface area contributed by atoms with Crippen molar-refractivity contribution < 1.29 is 4.79 Å². The maximum atomic E-state index is 11.9. The predicted molar refractivity (Wildman–Crippen MR) is 100 cm³/mol. The quantitative estimate of drug-likeness (QED) is 0.603. The van der Waals surface area contributed by atoms with Crippen molar-refractivity contribution in [1.29, 1.82) is 0 Å². The number of amides is 1. The molecule has 126 valence electrons. The van der Waals surface area contributed by atoms with Crippen LogP contribution in [0.2, 0.25) is 0 Å². The molecule has 0 fully saturated rings. The van der Waals surface area contributed by atoms with E-state index in [1.165, 1.54) is 11.1 Å². The molecule has 2 aromatic rings. The molecular formula is C21H26N2O. The highest BCUT2D eigenvalue weighted by atomic mass is 16.2. The van der Waals surface area contributed by atoms with Gasteiger partial charge < -0.3 is 0 Å². The molecule has 1 N–H and O–H groups in total. The number of rotatable bonds is 7. The smallest absolute Gasteiger partial charge is 0.244 e. The lowest BCUT2D eigenvalue weighted by Crippen LogP contribution is -2.23. The summed E-state index contributed by atoms with van der Waals surface area (Å²) in [6, 6.07) is 18.4. The second-order valence-corrected chi connectivity index (χ2v) is 6.79. The molecule has 0 bridgehead atoms. The van der Waals surface area contributed by atoms with Gasteiger partial charge in [0.05, 0.1) is 6.42 Å². The highest BCUT2D eigenvalue weighted by Gasteiger charge is 2.16. The number of hydrogen-bond donors (Lipinski definition) is 1. The fourth-order valence-electron chi connectivity index (χ4n) is 2.56. The van der Waals surface area contributed by atoms with Crippen molar-refractivity contribution in [3.05, 3.63) is 71.3 Å². The third kappa shape index (κ3) is 5.99. The van der Waals surface area contributed by atoms with E-state index in [0.29, 0.717) is 6.42 Å². The Morgan fingerprint density at radius 3 is 2.25 bits per heavy atom. The van der Waals surface area contributed by atoms with Gasteiger partial charge in [0.1, 0.15) is 0 Å². The van der Waals surface area contributed by atoms with Gasteiger partial charge in [-0.15, -0.1) is 0 Å². The minimum atomic E-state index is -0.117. The Hall–Kier alpha value is -2.42. The number of nitrogens with one attached hydrogen (secondary N) is 1. The number of hydrogen-bond acceptors (Lipinski definition) is 2. The molecule has 1 amide bonds. The predicted octanol–water partition coefficient (Wildman–Crippen LogP) is 4.16. The van der Waals surface area contributed by atoms with Crippen molar-refractivity contribution >= 4 is 12.1 Å². The van der Waals surface area contributed by atoms with E-state index in [2.05, 4.69) is 55.6 Å². The van der Waals surface area contributed by atoms with Crippen LogP contribution in [-0.4, -0.2) is 12.1 Å². The van der Waals surface area contributed by atoms with Crippen LogP contribution in [0.1, 0.15) is 37.5 Å². The Kier molecular flexibility index (Phi) is 6.30. The maximum absolute atomic E-state index is 11.9. The van der Waals surface area contributed by atoms with Gasteiger partial charge in [0.2, 0.25) is 5.91 Å². The lowest BCUT2D eigenvalue weighted by atomic mass is 9.87. The SMILES string of the molecule is CCc1ccc(CC(C)(C)/C=N\NC(=O)Cc2ccccc2)cc1. The third-order valence-electron chi connectivity index (χ3n) is 3.90. The summed E-state index contributed by atoms with van der Waals surface area (Å²) in [5, 5.41) is 4.14. The topological polar surface area (TPSA) is 41.5 Å². The van der Waals surface area contributed by atoms with E-state index in [-0.39, 0.29) is 11.3 Å². The Labute approximate surface area is 144 Å². The first-order chi connectivity index (χ1) is 11.5. The molecule has 2 rings (SSSR count). The van der Waals surface area contributed by atoms with E-state index in [4.69, 9.17) is 0 Å². The van der Waals surface area contributed by atoms with Crippen LogP contribution in [-0.2, 0) is 24.1 Å². The highest BCUT2D eigenvalue weighted by Crippen LogP contribution is 2.20. The van der Waals surface area contributed by atoms with Gasteiger partial charge in [0.15, 0.2) is 0 Å². The molecule has 3 heteroatoms. The van der Waals surface area contributed by atoms with Crippen LogP contribution in [0.3, 0.4) is 0 Å². The summed E-state index contributed by atoms with van der Waals surface area (Å²) in [5.41, 5.74) is 6.11. The first-order valence-corrected chi connectivity index (χ1v) is 8.43. The summed E-state index contributed by atoms with van der Waals surface area (Å²) in [6.45, 7) is 6.39. The summed E-state index contributed by atoms with van der Waals surface area (Å²) in [7, 11) is 0. The molecule has 0 aromatic heterocycles. The molecule has 0 aliphatic rings. The maximum Gasteiger partial charge on any atom is 0.244 e. The Morgan fingerprint density at radius 1 is 1.00 bits per heavy atom. The van der Waals surface area contributed by atoms with E-state index in [9.17, 15) is 4.79 Å². The monoisotopic (exact) mass is 322 g/mol. The third-order valence-corrected chi connectivity index (χ3v) is 3.90. The standard InChI is InChI=1S/C21H26N2O/c1-4-17-10-12-19(13-11-17)15-21(2,3)16-22-23-20(24)14-18-8-6-5-7-9-18/h5-13,16H,4,14-15H2,1-3H3,(H,23,24)/b22-16-. The first-order valence-electron chi connectivity index (χ1n) is 8.43. The second-order valence-electron chi connectivity index (χ2n) is 6.79. The lowest BCUT2D eigenvalue weighted by Gasteiger charge is -2.19. The van der Waals surface area contributed by atoms with Crippen molar-refractivity contribution in [1.82, 2.24) is 5.43 Å². The fourth-order valence-corrected chi connectivity index (χ4v) is 2.56. The molecule has 0 aliphatic carbocycles. The number of hydrazone groups is 1. The van der Waals surface area contributed by atoms with Crippen LogP contribution in [0, 0.1) is 5.41 Å². The van der Waals surface area contributed by atoms with Gasteiger partial charge >= 0.3 is 0 Å². The molecule has 24 heavy (non-hydrogen) atoms. The summed E-state index contributed by atoms with van der Waals surface area (Å²) >= 11 is 0. The van der Waals surface area contributed by atoms with Crippen molar-refractivity contribution in [3.63, 3.8) is 0 Å². The molecule has 0 saturated carbocycles. The molecule has 2 aromatic carbocycles. The van der Waals surface area contributed by atoms with Crippen LogP contribution >= 0.6 is 0 Å². The normalized spacial score (nSPS) is 11.6. The van der Waals surface area contributed by atoms with Crippen LogP contribution < -0.4 is 5.43 Å². The van der Waals surface area contributed by atoms with Gasteiger partial charge in [-0.05, 0) is 29.5 Å². The van der Waals surface area contributed by atoms with Crippen molar-refractivity contribution in [2.45, 2.75) is 40.0 Å². The Morgan fingerprint density at radius 2 is 1.62 bits per heavy atom. The van der Waals surface area contributed by atoms with Gasteiger partial charge in [0, 0.05) is 11.6 Å². The molecule has 0 heterocycles. The molecule has 0 saturated heterocycles. The van der Waals surface area contributed by atoms with Crippen LogP contribution in [0.25, 0.3) is 0 Å². The molecule has 0 atom stereocenters. The van der Waals surface area contributed by atoms with Crippen LogP contribution in [0.4, 0.5) is 0 Å². The minimum Gasteiger partial charge on any atom is -0.273 e. The lowest BCUT2D eigenvalue weighted by molar-refractivity contribution is -0.120. The molecule has 0 radical (unpaired) electrons. The van der Waals surface area contributed by atoms with Crippen LogP contribution in [0.5, 0.6) is 0 Å². The summed E-state index contributed by atoms with van der Waals surface area (Å²) < 4.78 is 0. The van der Waals surface area contributed by atoms with Gasteiger partial charge in [0.25, 0.3) is 0 Å². The average molecular weight is 322 g/mol. The van der Waals surface area contributed by atoms with Gasteiger partial charge in [-0.2, -0.15) is 5.10 Å². The highest BCUT2D eigenvalue weighted by molar-refractivity contribution is 5.79. The van der Waals surface area contributed by atoms with Crippen LogP contribution in [0.15, 0.2) is 59.7 Å². The molecule has 0 spiro atoms. The Balaban J connectivity index is 1.85. The van der Waals surface area contributed by atoms with Gasteiger partial charge in [-0.1, -0.05) is 75.4 Å². The zero-order chi connectivity index (χ0) is 17.4. The zero-order valence-electron chi connectivity index (χ0n) is 14.8. The summed E-state index contributed by atoms with van der Waals surface area (Å²) in [4.78, 5) is 11.9. The average Bonchev–Trinajstić information content (AvgIpc) is 2.56. The van der Waals surface area contributed by atoms with Crippen molar-refractivity contribution in [3.8, 4) is 0 Å². The van der Waals surface area contributed by atoms with E-state index < -0.39 is 0 Å². The zero-order valence-corrected chi connectivity index (χ0v) is 14.8. The summed E-state index contributed by atoms with van der Waals surface area (Å²) in [6.07, 6.45) is 4.11. The van der Waals surface area contributed by atoms with Gasteiger partial charge in [-0.3, -0.25) is 4.79 Å². The first kappa shape index (κ1) is 17.9. The number of carbonyl (C=O) groups is 1. The molecule has 3 nitrogen and oxygen atoms in total. The molecule has 0 unspecified atom stereocenters. The number of benzene rings is 2. The van der Waals surface area contributed by atoms with E-state index >= 15 is 0 Å². The van der Waals surface area contributed by atoms with E-state index in [1.807, 2.05) is 36.5 Å². The second kappa shape index (κ2) is 8.44. The molecular weight excluding hydrogens is 296 g/mol.